The highest BCUT2D eigenvalue weighted by Gasteiger charge is 2.50. The summed E-state index contributed by atoms with van der Waals surface area (Å²) in [6.45, 7) is 15.4. The molecule has 4 heterocycles. The van der Waals surface area contributed by atoms with Gasteiger partial charge >= 0.3 is 11.8 Å². The number of aliphatic hydroxyl groups excluding tert-OH is 2. The molecule has 1 saturated heterocycles. The van der Waals surface area contributed by atoms with Crippen molar-refractivity contribution in [3.05, 3.63) is 52.8 Å². The van der Waals surface area contributed by atoms with E-state index < -0.39 is 88.8 Å². The molecule has 0 radical (unpaired) electrons. The first-order chi connectivity index (χ1) is 29.8. The van der Waals surface area contributed by atoms with Crippen LogP contribution in [0.2, 0.25) is 0 Å². The Morgan fingerprint density at radius 3 is 2.22 bits per heavy atom. The maximum absolute atomic E-state index is 14.5. The van der Waals surface area contributed by atoms with E-state index in [9.17, 15) is 39.9 Å². The van der Waals surface area contributed by atoms with Gasteiger partial charge in [-0.05, 0) is 32.8 Å². The Hall–Kier alpha value is -5.16. The van der Waals surface area contributed by atoms with E-state index >= 15 is 0 Å². The lowest BCUT2D eigenvalue weighted by Crippen LogP contribution is -2.47. The fourth-order valence-corrected chi connectivity index (χ4v) is 9.47. The van der Waals surface area contributed by atoms with Crippen molar-refractivity contribution in [2.75, 3.05) is 38.6 Å². The number of benzene rings is 2. The van der Waals surface area contributed by atoms with Crippen LogP contribution in [0, 0.1) is 30.6 Å². The number of rotatable bonds is 5. The first-order valence-corrected chi connectivity index (χ1v) is 21.9. The second kappa shape index (κ2) is 19.3. The zero-order valence-electron chi connectivity index (χ0n) is 37.8. The number of methoxy groups -OCH3 is 1. The number of anilines is 1. The van der Waals surface area contributed by atoms with Gasteiger partial charge in [-0.1, -0.05) is 58.8 Å². The summed E-state index contributed by atoms with van der Waals surface area (Å²) in [5.41, 5.74) is -0.293. The Morgan fingerprint density at radius 2 is 1.59 bits per heavy atom. The summed E-state index contributed by atoms with van der Waals surface area (Å²) >= 11 is 0. The molecule has 0 unspecified atom stereocenters. The summed E-state index contributed by atoms with van der Waals surface area (Å²) in [7, 11) is 1.44. The predicted molar refractivity (Wildman–Crippen MR) is 237 cm³/mol. The van der Waals surface area contributed by atoms with E-state index in [-0.39, 0.29) is 44.5 Å². The van der Waals surface area contributed by atoms with Gasteiger partial charge in [-0.2, -0.15) is 5.10 Å². The molecule has 2 aromatic rings. The topological polar surface area (TPSA) is 220 Å². The number of ether oxygens (including phenoxy) is 4. The standard InChI is InChI=1S/C47H64N4O12/c1-24-13-12-14-25(2)46(59)49-37-32(23-48-51-20-18-50(19-21-51)31-15-10-11-16-31)41(56)34-35(42(37)57)40(55)29(6)44-36(34)45(58)47(8,63-44)61-22-17-33(60-9)26(3)43(62-30(7)52)28(5)39(54)27(4)38(24)53/h12-14,17,22-24,26-28,31,33,38-39,43,53-57H,10-11,15-16,18-21H2,1-9H3,(H,49,59)/b13-12+,22-17+,25-14-,48-23-/t24-,26-,27-,28-,33+,38+,39+,43-,47+/m1/s1. The summed E-state index contributed by atoms with van der Waals surface area (Å²) < 4.78 is 23.7. The van der Waals surface area contributed by atoms with E-state index in [1.807, 2.05) is 5.01 Å². The van der Waals surface area contributed by atoms with Crippen molar-refractivity contribution in [3.8, 4) is 23.0 Å². The minimum absolute atomic E-state index is 0.0631. The van der Waals surface area contributed by atoms with Crippen LogP contribution in [-0.2, 0) is 23.8 Å². The quantitative estimate of drug-likeness (QED) is 0.0926. The molecule has 5 aliphatic rings. The smallest absolute Gasteiger partial charge is 0.312 e. The van der Waals surface area contributed by atoms with Crippen LogP contribution in [-0.4, -0.2) is 129 Å². The number of hydrogen-bond acceptors (Lipinski definition) is 15. The molecular formula is C47H64N4O12. The Bertz CT molecular complexity index is 2190. The fraction of sp³-hybridized carbons (Fsp3) is 0.574. The highest BCUT2D eigenvalue weighted by Crippen LogP contribution is 2.55. The molecule has 5 bridgehead atoms. The van der Waals surface area contributed by atoms with Gasteiger partial charge in [-0.15, -0.1) is 0 Å². The van der Waals surface area contributed by atoms with E-state index in [1.165, 1.54) is 85.1 Å². The fourth-order valence-electron chi connectivity index (χ4n) is 9.47. The number of nitrogens with zero attached hydrogens (tertiary/aromatic N) is 3. The third-order valence-corrected chi connectivity index (χ3v) is 13.5. The molecule has 1 saturated carbocycles. The summed E-state index contributed by atoms with van der Waals surface area (Å²) in [5, 5.41) is 67.6. The van der Waals surface area contributed by atoms with E-state index in [0.29, 0.717) is 19.1 Å². The molecule has 0 aromatic heterocycles. The molecule has 4 aliphatic heterocycles. The molecular weight excluding hydrogens is 813 g/mol. The molecule has 16 nitrogen and oxygen atoms in total. The summed E-state index contributed by atoms with van der Waals surface area (Å²) in [6.07, 6.45) is 9.75. The van der Waals surface area contributed by atoms with Gasteiger partial charge in [-0.3, -0.25) is 24.3 Å². The van der Waals surface area contributed by atoms with Crippen molar-refractivity contribution in [2.45, 2.75) is 117 Å². The highest BCUT2D eigenvalue weighted by molar-refractivity contribution is 6.23. The van der Waals surface area contributed by atoms with Crippen LogP contribution in [0.4, 0.5) is 5.69 Å². The van der Waals surface area contributed by atoms with Gasteiger partial charge in [0.1, 0.15) is 23.4 Å². The van der Waals surface area contributed by atoms with Crippen LogP contribution in [0.3, 0.4) is 0 Å². The number of fused-ring (bicyclic) bond motifs is 14. The molecule has 2 fully saturated rings. The molecule has 2 aromatic carbocycles. The largest absolute Gasteiger partial charge is 0.507 e. The molecule has 7 rings (SSSR count). The normalized spacial score (nSPS) is 32.4. The number of carbonyl (C=O) groups excluding carboxylic acids is 3. The summed E-state index contributed by atoms with van der Waals surface area (Å²) in [4.78, 5) is 43.2. The van der Waals surface area contributed by atoms with E-state index in [4.69, 9.17) is 18.9 Å². The van der Waals surface area contributed by atoms with Crippen LogP contribution < -0.4 is 10.1 Å². The van der Waals surface area contributed by atoms with Crippen molar-refractivity contribution in [1.82, 2.24) is 9.91 Å². The number of allylic oxidation sites excluding steroid dienone is 2. The summed E-state index contributed by atoms with van der Waals surface area (Å²) in [6, 6.07) is 0.553. The second-order valence-electron chi connectivity index (χ2n) is 17.8. The van der Waals surface area contributed by atoms with Crippen LogP contribution in [0.25, 0.3) is 10.8 Å². The average molecular weight is 877 g/mol. The maximum Gasteiger partial charge on any atom is 0.312 e. The minimum atomic E-state index is -2.04. The summed E-state index contributed by atoms with van der Waals surface area (Å²) in [5.74, 6) is -8.28. The molecule has 9 atom stereocenters. The van der Waals surface area contributed by atoms with Gasteiger partial charge in [0.2, 0.25) is 0 Å². The number of Topliss-reactive ketones (excluding diaryl/α,β-unsaturated/α-hetero) is 1. The van der Waals surface area contributed by atoms with E-state index in [2.05, 4.69) is 15.3 Å². The predicted octanol–water partition coefficient (Wildman–Crippen LogP) is 5.65. The number of esters is 1. The number of phenols is 3. The molecule has 6 N–H and O–H groups in total. The lowest BCUT2D eigenvalue weighted by Gasteiger charge is -2.38. The van der Waals surface area contributed by atoms with E-state index in [1.54, 1.807) is 39.8 Å². The van der Waals surface area contributed by atoms with Gasteiger partial charge < -0.3 is 49.8 Å². The minimum Gasteiger partial charge on any atom is -0.507 e. The van der Waals surface area contributed by atoms with Gasteiger partial charge in [0, 0.05) is 93.4 Å². The van der Waals surface area contributed by atoms with Crippen molar-refractivity contribution in [3.63, 3.8) is 0 Å². The monoisotopic (exact) mass is 876 g/mol. The first kappa shape index (κ1) is 47.3. The number of carbonyl (C=O) groups is 3. The van der Waals surface area contributed by atoms with Crippen molar-refractivity contribution < 1.29 is 58.9 Å². The highest BCUT2D eigenvalue weighted by atomic mass is 16.7. The number of aromatic hydroxyl groups is 3. The molecule has 0 spiro atoms. The van der Waals surface area contributed by atoms with Crippen molar-refractivity contribution in [2.24, 2.45) is 28.8 Å². The lowest BCUT2D eigenvalue weighted by molar-refractivity contribution is -0.160. The number of ketones is 1. The average Bonchev–Trinajstić information content (AvgIpc) is 3.89. The van der Waals surface area contributed by atoms with Crippen LogP contribution in [0.5, 0.6) is 23.0 Å². The number of hydrogen-bond donors (Lipinski definition) is 6. The number of phenolic OH excluding ortho intramolecular Hbond substituents is 3. The zero-order chi connectivity index (χ0) is 46.1. The van der Waals surface area contributed by atoms with Crippen LogP contribution in [0.15, 0.2) is 41.2 Å². The Kier molecular flexibility index (Phi) is 14.5. The Balaban J connectivity index is 1.47. The Morgan fingerprint density at radius 1 is 0.921 bits per heavy atom. The maximum atomic E-state index is 14.5. The number of piperazine rings is 1. The first-order valence-electron chi connectivity index (χ1n) is 21.9. The molecule has 1 amide bonds. The molecule has 63 heavy (non-hydrogen) atoms. The van der Waals surface area contributed by atoms with Crippen LogP contribution in [0.1, 0.15) is 95.6 Å². The molecule has 1 aliphatic carbocycles. The SMILES string of the molecule is CO[C@H]1/C=C/O[C@@]2(C)Oc3c(C)c(O)c4c(O)c(c(/C=N\N5CCN(C6CCCC6)CC5)c(O)c4c3C2=O)NC(=O)/C(C)=C\C=C\[C@@H](C)[C@H](O)[C@@H](C)[C@H](O)[C@@H](C)[C@H](OC(C)=O)[C@@H]1C. The lowest BCUT2D eigenvalue weighted by atomic mass is 9.78. The zero-order valence-corrected chi connectivity index (χ0v) is 37.8. The number of amides is 1. The molecule has 344 valence electrons. The number of aliphatic hydroxyl groups is 2. The third kappa shape index (κ3) is 9.40. The van der Waals surface area contributed by atoms with Gasteiger partial charge in [0.05, 0.1) is 53.0 Å². The van der Waals surface area contributed by atoms with Crippen LogP contribution >= 0.6 is 0 Å². The Labute approximate surface area is 368 Å². The third-order valence-electron chi connectivity index (χ3n) is 13.5. The van der Waals surface area contributed by atoms with Gasteiger partial charge in [0.15, 0.2) is 5.75 Å². The van der Waals surface area contributed by atoms with Crippen molar-refractivity contribution in [1.29, 1.82) is 0 Å². The van der Waals surface area contributed by atoms with Crippen molar-refractivity contribution >= 4 is 40.3 Å². The molecule has 16 heteroatoms. The van der Waals surface area contributed by atoms with E-state index in [0.717, 1.165) is 13.1 Å². The van der Waals surface area contributed by atoms with Gasteiger partial charge in [0.25, 0.3) is 11.7 Å². The number of hydrazone groups is 1. The van der Waals surface area contributed by atoms with Gasteiger partial charge in [-0.25, -0.2) is 0 Å². The second-order valence-corrected chi connectivity index (χ2v) is 17.8. The number of nitrogens with one attached hydrogen (secondary N) is 1.